The molecule has 6 heteroatoms. The van der Waals surface area contributed by atoms with Crippen molar-refractivity contribution in [3.8, 4) is 0 Å². The first kappa shape index (κ1) is 16.3. The molecule has 0 aromatic carbocycles. The summed E-state index contributed by atoms with van der Waals surface area (Å²) in [6, 6.07) is 0. The number of ketones is 1. The largest absolute Gasteiger partial charge is 0.353 e. The lowest BCUT2D eigenvalue weighted by Crippen LogP contribution is -2.26. The molecule has 110 valence electrons. The van der Waals surface area contributed by atoms with E-state index in [4.69, 9.17) is 9.47 Å². The molecule has 0 aliphatic carbocycles. The van der Waals surface area contributed by atoms with Crippen LogP contribution in [0.3, 0.4) is 0 Å². The van der Waals surface area contributed by atoms with E-state index < -0.39 is 14.6 Å². The average molecular weight is 290 g/mol. The third kappa shape index (κ3) is 5.42. The number of rotatable bonds is 5. The Bertz CT molecular complexity index is 424. The lowest BCUT2D eigenvalue weighted by atomic mass is 10.2. The molecule has 0 aromatic rings. The maximum absolute atomic E-state index is 11.8. The highest BCUT2D eigenvalue weighted by Gasteiger charge is 2.26. The molecule has 0 N–H and O–H groups in total. The molecule has 0 aromatic heterocycles. The summed E-state index contributed by atoms with van der Waals surface area (Å²) in [5.41, 5.74) is 0. The number of hydrogen-bond acceptors (Lipinski definition) is 5. The van der Waals surface area contributed by atoms with Crippen molar-refractivity contribution in [1.29, 1.82) is 0 Å². The van der Waals surface area contributed by atoms with Gasteiger partial charge < -0.3 is 9.47 Å². The van der Waals surface area contributed by atoms with Gasteiger partial charge in [0.2, 0.25) is 0 Å². The fourth-order valence-corrected chi connectivity index (χ4v) is 2.16. The number of hydrogen-bond donors (Lipinski definition) is 0. The number of ether oxygens (including phenoxy) is 2. The van der Waals surface area contributed by atoms with E-state index in [0.717, 1.165) is 17.9 Å². The van der Waals surface area contributed by atoms with Gasteiger partial charge in [-0.25, -0.2) is 8.42 Å². The van der Waals surface area contributed by atoms with Crippen molar-refractivity contribution in [3.63, 3.8) is 0 Å². The van der Waals surface area contributed by atoms with Gasteiger partial charge in [0.1, 0.15) is 0 Å². The van der Waals surface area contributed by atoms with Crippen LogP contribution in [-0.4, -0.2) is 38.5 Å². The fraction of sp³-hybridized carbons (Fsp3) is 0.769. The van der Waals surface area contributed by atoms with Gasteiger partial charge in [-0.15, -0.1) is 0 Å². The van der Waals surface area contributed by atoms with E-state index in [1.54, 1.807) is 20.8 Å². The van der Waals surface area contributed by atoms with E-state index in [-0.39, 0.29) is 18.5 Å². The summed E-state index contributed by atoms with van der Waals surface area (Å²) in [4.78, 5) is 11.6. The topological polar surface area (TPSA) is 69.7 Å². The molecule has 0 unspecified atom stereocenters. The number of sulfone groups is 1. The van der Waals surface area contributed by atoms with Crippen LogP contribution in [0.2, 0.25) is 0 Å². The van der Waals surface area contributed by atoms with Crippen molar-refractivity contribution in [2.75, 3.05) is 13.2 Å². The molecule has 19 heavy (non-hydrogen) atoms. The third-order valence-electron chi connectivity index (χ3n) is 2.81. The molecular weight excluding hydrogens is 268 g/mol. The zero-order valence-electron chi connectivity index (χ0n) is 11.7. The van der Waals surface area contributed by atoms with Gasteiger partial charge in [0.15, 0.2) is 21.9 Å². The highest BCUT2D eigenvalue weighted by molar-refractivity contribution is 7.95. The molecule has 1 aliphatic heterocycles. The maximum atomic E-state index is 11.8. The van der Waals surface area contributed by atoms with Gasteiger partial charge in [-0.1, -0.05) is 0 Å². The predicted molar refractivity (Wildman–Crippen MR) is 72.4 cm³/mol. The van der Waals surface area contributed by atoms with Crippen LogP contribution in [0.25, 0.3) is 0 Å². The smallest absolute Gasteiger partial charge is 0.176 e. The van der Waals surface area contributed by atoms with E-state index in [1.807, 2.05) is 0 Å². The van der Waals surface area contributed by atoms with Crippen LogP contribution >= 0.6 is 0 Å². The molecular formula is C13H22O5S. The highest BCUT2D eigenvalue weighted by atomic mass is 32.2. The lowest BCUT2D eigenvalue weighted by Gasteiger charge is -2.22. The molecule has 0 saturated carbocycles. The first-order valence-electron chi connectivity index (χ1n) is 6.41. The monoisotopic (exact) mass is 290 g/mol. The first-order chi connectivity index (χ1) is 8.72. The fourth-order valence-electron chi connectivity index (χ4n) is 1.42. The van der Waals surface area contributed by atoms with Gasteiger partial charge in [-0.05, 0) is 33.3 Å². The van der Waals surface area contributed by atoms with E-state index in [1.165, 1.54) is 0 Å². The molecule has 1 fully saturated rings. The summed E-state index contributed by atoms with van der Waals surface area (Å²) in [5.74, 6) is -0.231. The minimum atomic E-state index is -3.40. The Hall–Kier alpha value is -0.720. The van der Waals surface area contributed by atoms with Crippen LogP contribution in [0, 0.1) is 0 Å². The Labute approximate surface area is 114 Å². The Kier molecular flexibility index (Phi) is 5.70. The Morgan fingerprint density at radius 1 is 1.26 bits per heavy atom. The summed E-state index contributed by atoms with van der Waals surface area (Å²) >= 11 is 0. The van der Waals surface area contributed by atoms with E-state index >= 15 is 0 Å². The normalized spacial score (nSPS) is 18.9. The average Bonchev–Trinajstić information content (AvgIpc) is 2.34. The summed E-state index contributed by atoms with van der Waals surface area (Å²) in [6.07, 6.45) is 2.34. The molecule has 0 bridgehead atoms. The Morgan fingerprint density at radius 3 is 2.37 bits per heavy atom. The summed E-state index contributed by atoms with van der Waals surface area (Å²) in [7, 11) is -3.40. The molecule has 0 radical (unpaired) electrons. The van der Waals surface area contributed by atoms with Crippen molar-refractivity contribution in [2.45, 2.75) is 51.1 Å². The number of allylic oxidation sites excluding steroid dienone is 1. The number of carbonyl (C=O) groups excluding carboxylic acids is 1. The molecule has 1 saturated heterocycles. The summed E-state index contributed by atoms with van der Waals surface area (Å²) in [5, 5.41) is 0.998. The maximum Gasteiger partial charge on any atom is 0.176 e. The second-order valence-corrected chi connectivity index (χ2v) is 8.08. The van der Waals surface area contributed by atoms with Gasteiger partial charge in [0, 0.05) is 18.2 Å². The van der Waals surface area contributed by atoms with E-state index in [9.17, 15) is 13.2 Å². The molecule has 0 spiro atoms. The molecule has 5 nitrogen and oxygen atoms in total. The van der Waals surface area contributed by atoms with Gasteiger partial charge in [0.25, 0.3) is 0 Å². The highest BCUT2D eigenvalue weighted by Crippen LogP contribution is 2.17. The minimum Gasteiger partial charge on any atom is -0.353 e. The van der Waals surface area contributed by atoms with Crippen LogP contribution in [0.4, 0.5) is 0 Å². The molecule has 1 heterocycles. The third-order valence-corrected chi connectivity index (χ3v) is 5.01. The molecule has 0 amide bonds. The minimum absolute atomic E-state index is 0.223. The van der Waals surface area contributed by atoms with Crippen molar-refractivity contribution in [1.82, 2.24) is 0 Å². The zero-order valence-corrected chi connectivity index (χ0v) is 12.5. The molecule has 0 atom stereocenters. The van der Waals surface area contributed by atoms with Crippen molar-refractivity contribution < 1.29 is 22.7 Å². The van der Waals surface area contributed by atoms with Crippen molar-refractivity contribution in [2.24, 2.45) is 0 Å². The van der Waals surface area contributed by atoms with Crippen LogP contribution in [0.15, 0.2) is 11.5 Å². The van der Waals surface area contributed by atoms with Crippen LogP contribution in [0.5, 0.6) is 0 Å². The summed E-state index contributed by atoms with van der Waals surface area (Å²) in [6.45, 7) is 6.09. The first-order valence-corrected chi connectivity index (χ1v) is 7.96. The molecule has 1 rings (SSSR count). The van der Waals surface area contributed by atoms with Crippen LogP contribution in [0.1, 0.15) is 40.0 Å². The summed E-state index contributed by atoms with van der Waals surface area (Å²) < 4.78 is 33.3. The Morgan fingerprint density at radius 2 is 1.84 bits per heavy atom. The predicted octanol–water partition coefficient (Wildman–Crippen LogP) is 1.83. The SMILES string of the molecule is CC(C)(C)S(=O)(=O)/C=C/C(=O)CCC1OCCCO1. The van der Waals surface area contributed by atoms with Crippen LogP contribution < -0.4 is 0 Å². The number of carbonyl (C=O) groups is 1. The van der Waals surface area contributed by atoms with E-state index in [2.05, 4.69) is 0 Å². The Balaban J connectivity index is 2.42. The quantitative estimate of drug-likeness (QED) is 0.722. The van der Waals surface area contributed by atoms with Gasteiger partial charge in [0.05, 0.1) is 18.0 Å². The second kappa shape index (κ2) is 6.63. The van der Waals surface area contributed by atoms with Gasteiger partial charge in [-0.2, -0.15) is 0 Å². The zero-order chi connectivity index (χ0) is 14.5. The van der Waals surface area contributed by atoms with Crippen molar-refractivity contribution >= 4 is 15.6 Å². The van der Waals surface area contributed by atoms with Crippen molar-refractivity contribution in [3.05, 3.63) is 11.5 Å². The second-order valence-electron chi connectivity index (χ2n) is 5.49. The lowest BCUT2D eigenvalue weighted by molar-refractivity contribution is -0.181. The van der Waals surface area contributed by atoms with Gasteiger partial charge in [-0.3, -0.25) is 4.79 Å². The van der Waals surface area contributed by atoms with Gasteiger partial charge >= 0.3 is 0 Å². The standard InChI is InChI=1S/C13H22O5S/c1-13(2,3)19(15,16)10-7-11(14)5-6-12-17-8-4-9-18-12/h7,10,12H,4-6,8-9H2,1-3H3/b10-7+. The van der Waals surface area contributed by atoms with E-state index in [0.29, 0.717) is 19.6 Å². The molecule has 1 aliphatic rings. The van der Waals surface area contributed by atoms with Crippen LogP contribution in [-0.2, 0) is 24.1 Å².